The summed E-state index contributed by atoms with van der Waals surface area (Å²) in [5, 5.41) is 22.1. The van der Waals surface area contributed by atoms with Gasteiger partial charge in [-0.15, -0.1) is 0 Å². The Morgan fingerprint density at radius 3 is 2.26 bits per heavy atom. The Labute approximate surface area is 192 Å². The van der Waals surface area contributed by atoms with Crippen molar-refractivity contribution in [3.63, 3.8) is 0 Å². The van der Waals surface area contributed by atoms with Crippen LogP contribution in [0.3, 0.4) is 0 Å². The normalized spacial score (nSPS) is 12.8. The number of carboxylic acids is 1. The van der Waals surface area contributed by atoms with E-state index in [0.29, 0.717) is 22.0 Å². The maximum absolute atomic E-state index is 13.5. The van der Waals surface area contributed by atoms with Gasteiger partial charge in [-0.1, -0.05) is 42.0 Å². The third-order valence-corrected chi connectivity index (χ3v) is 5.89. The number of amides is 2. The number of hydrogen-bond acceptors (Lipinski definition) is 5. The lowest BCUT2D eigenvalue weighted by molar-refractivity contribution is -0.384. The van der Waals surface area contributed by atoms with Crippen molar-refractivity contribution in [1.82, 2.24) is 0 Å². The lowest BCUT2D eigenvalue weighted by Crippen LogP contribution is -2.40. The molecule has 166 valence electrons. The zero-order valence-corrected chi connectivity index (χ0v) is 17.8. The molecule has 0 bridgehead atoms. The monoisotopic (exact) mass is 452 g/mol. The Morgan fingerprint density at radius 2 is 1.59 bits per heavy atom. The number of imide groups is 1. The Balaban J connectivity index is 1.82. The summed E-state index contributed by atoms with van der Waals surface area (Å²) in [7, 11) is 0. The molecule has 0 aliphatic carbocycles. The maximum Gasteiger partial charge on any atom is 0.335 e. The summed E-state index contributed by atoms with van der Waals surface area (Å²) in [5.41, 5.74) is 1.65. The van der Waals surface area contributed by atoms with Gasteiger partial charge in [0.05, 0.1) is 27.3 Å². The smallest absolute Gasteiger partial charge is 0.335 e. The van der Waals surface area contributed by atoms with Crippen molar-refractivity contribution in [2.24, 2.45) is 0 Å². The van der Waals surface area contributed by atoms with E-state index in [0.717, 1.165) is 10.5 Å². The van der Waals surface area contributed by atoms with Crippen LogP contribution in [0.4, 0.5) is 11.4 Å². The summed E-state index contributed by atoms with van der Waals surface area (Å²) in [6, 6.07) is 18.6. The van der Waals surface area contributed by atoms with Gasteiger partial charge in [0.1, 0.15) is 0 Å². The number of carbonyl (C=O) groups excluding carboxylic acids is 2. The molecule has 0 spiro atoms. The van der Waals surface area contributed by atoms with Crippen LogP contribution in [0.5, 0.6) is 0 Å². The zero-order chi connectivity index (χ0) is 24.1. The second-order valence-electron chi connectivity index (χ2n) is 7.97. The van der Waals surface area contributed by atoms with Crippen LogP contribution in [-0.4, -0.2) is 27.8 Å². The van der Waals surface area contributed by atoms with Gasteiger partial charge in [-0.25, -0.2) is 9.69 Å². The molecule has 8 nitrogen and oxygen atoms in total. The summed E-state index contributed by atoms with van der Waals surface area (Å²) in [4.78, 5) is 50.9. The van der Waals surface area contributed by atoms with Gasteiger partial charge in [-0.3, -0.25) is 19.7 Å². The van der Waals surface area contributed by atoms with Crippen molar-refractivity contribution in [2.75, 3.05) is 4.90 Å². The molecule has 4 aromatic rings. The van der Waals surface area contributed by atoms with Gasteiger partial charge in [-0.2, -0.15) is 0 Å². The summed E-state index contributed by atoms with van der Waals surface area (Å²) in [6.45, 7) is 1.88. The average molecular weight is 452 g/mol. The number of aryl methyl sites for hydroxylation is 1. The number of benzene rings is 4. The molecule has 8 heteroatoms. The highest BCUT2D eigenvalue weighted by molar-refractivity contribution is 6.37. The van der Waals surface area contributed by atoms with Crippen molar-refractivity contribution in [3.05, 3.63) is 105 Å². The molecule has 0 unspecified atom stereocenters. The number of nitro benzene ring substituents is 1. The van der Waals surface area contributed by atoms with Gasteiger partial charge >= 0.3 is 5.97 Å². The number of carbonyl (C=O) groups is 3. The minimum Gasteiger partial charge on any atom is -0.478 e. The van der Waals surface area contributed by atoms with Crippen molar-refractivity contribution in [3.8, 4) is 11.1 Å². The molecule has 2 amide bonds. The molecule has 0 fully saturated rings. The summed E-state index contributed by atoms with van der Waals surface area (Å²) < 4.78 is 0. The van der Waals surface area contributed by atoms with Crippen LogP contribution in [0.15, 0.2) is 72.8 Å². The lowest BCUT2D eigenvalue weighted by Gasteiger charge is -2.28. The predicted octanol–water partition coefficient (Wildman–Crippen LogP) is 5.22. The Morgan fingerprint density at radius 1 is 0.912 bits per heavy atom. The first-order valence-electron chi connectivity index (χ1n) is 10.3. The Bertz CT molecular complexity index is 1560. The standard InChI is InChI=1S/C26H16N2O6/c1-14-8-10-17(11-9-14)27-24(29)19-7-3-6-18-22(15-4-2-5-16(12-15)26(31)32)21(28(33)34)13-20(23(18)19)25(27)30/h2-13H,1H3,(H,31,32). The van der Waals surface area contributed by atoms with Gasteiger partial charge in [0.2, 0.25) is 0 Å². The first kappa shape index (κ1) is 21.0. The molecule has 0 atom stereocenters. The second-order valence-corrected chi connectivity index (χ2v) is 7.97. The van der Waals surface area contributed by atoms with Crippen LogP contribution < -0.4 is 4.90 Å². The quantitative estimate of drug-likeness (QED) is 0.258. The molecular formula is C26H16N2O6. The van der Waals surface area contributed by atoms with E-state index in [1.54, 1.807) is 48.5 Å². The van der Waals surface area contributed by atoms with E-state index >= 15 is 0 Å². The van der Waals surface area contributed by atoms with E-state index in [-0.39, 0.29) is 27.9 Å². The number of rotatable bonds is 4. The average Bonchev–Trinajstić information content (AvgIpc) is 2.83. The molecule has 1 aliphatic heterocycles. The fourth-order valence-electron chi connectivity index (χ4n) is 4.33. The number of carboxylic acid groups (broad SMARTS) is 1. The van der Waals surface area contributed by atoms with Gasteiger partial charge < -0.3 is 5.11 Å². The van der Waals surface area contributed by atoms with E-state index in [1.165, 1.54) is 24.3 Å². The van der Waals surface area contributed by atoms with Crippen LogP contribution in [0.1, 0.15) is 36.6 Å². The summed E-state index contributed by atoms with van der Waals surface area (Å²) >= 11 is 0. The zero-order valence-electron chi connectivity index (χ0n) is 17.8. The Hall–Kier alpha value is -4.85. The molecule has 4 aromatic carbocycles. The van der Waals surface area contributed by atoms with E-state index in [2.05, 4.69) is 0 Å². The minimum absolute atomic E-state index is 0.0371. The number of nitro groups is 1. The highest BCUT2D eigenvalue weighted by atomic mass is 16.6. The molecular weight excluding hydrogens is 436 g/mol. The molecule has 0 saturated carbocycles. The van der Waals surface area contributed by atoms with Crippen LogP contribution >= 0.6 is 0 Å². The van der Waals surface area contributed by atoms with Crippen LogP contribution in [0, 0.1) is 17.0 Å². The van der Waals surface area contributed by atoms with Gasteiger partial charge in [-0.05, 0) is 48.2 Å². The highest BCUT2D eigenvalue weighted by Gasteiger charge is 2.37. The van der Waals surface area contributed by atoms with Crippen molar-refractivity contribution >= 4 is 39.9 Å². The first-order valence-corrected chi connectivity index (χ1v) is 10.3. The highest BCUT2D eigenvalue weighted by Crippen LogP contribution is 2.43. The van der Waals surface area contributed by atoms with E-state index < -0.39 is 22.7 Å². The van der Waals surface area contributed by atoms with E-state index in [4.69, 9.17) is 0 Å². The Kier molecular flexibility index (Phi) is 4.72. The second kappa shape index (κ2) is 7.63. The summed E-state index contributed by atoms with van der Waals surface area (Å²) in [6.07, 6.45) is 0. The van der Waals surface area contributed by atoms with E-state index in [1.807, 2.05) is 6.92 Å². The van der Waals surface area contributed by atoms with Gasteiger partial charge in [0, 0.05) is 17.0 Å². The van der Waals surface area contributed by atoms with E-state index in [9.17, 15) is 29.6 Å². The number of aromatic carboxylic acids is 1. The molecule has 0 aromatic heterocycles. The van der Waals surface area contributed by atoms with Crippen molar-refractivity contribution < 1.29 is 24.4 Å². The number of anilines is 1. The number of hydrogen-bond donors (Lipinski definition) is 1. The molecule has 0 saturated heterocycles. The molecule has 1 heterocycles. The molecule has 1 N–H and O–H groups in total. The number of nitrogens with zero attached hydrogens (tertiary/aromatic N) is 2. The topological polar surface area (TPSA) is 118 Å². The van der Waals surface area contributed by atoms with Crippen LogP contribution in [-0.2, 0) is 0 Å². The van der Waals surface area contributed by atoms with Crippen LogP contribution in [0.2, 0.25) is 0 Å². The maximum atomic E-state index is 13.5. The third kappa shape index (κ3) is 3.12. The minimum atomic E-state index is -1.17. The lowest BCUT2D eigenvalue weighted by atomic mass is 9.87. The largest absolute Gasteiger partial charge is 0.478 e. The van der Waals surface area contributed by atoms with Gasteiger partial charge in [0.25, 0.3) is 17.5 Å². The molecule has 1 aliphatic rings. The third-order valence-electron chi connectivity index (χ3n) is 5.89. The predicted molar refractivity (Wildman–Crippen MR) is 125 cm³/mol. The fourth-order valence-corrected chi connectivity index (χ4v) is 4.33. The SMILES string of the molecule is Cc1ccc(N2C(=O)c3cccc4c(-c5cccc(C(=O)O)c5)c([N+](=O)[O-])cc(c34)C2=O)cc1. The van der Waals surface area contributed by atoms with Crippen LogP contribution in [0.25, 0.3) is 21.9 Å². The van der Waals surface area contributed by atoms with Gasteiger partial charge in [0.15, 0.2) is 0 Å². The van der Waals surface area contributed by atoms with Crippen molar-refractivity contribution in [1.29, 1.82) is 0 Å². The fraction of sp³-hybridized carbons (Fsp3) is 0.0385. The summed E-state index contributed by atoms with van der Waals surface area (Å²) in [5.74, 6) is -2.37. The first-order chi connectivity index (χ1) is 16.3. The molecule has 34 heavy (non-hydrogen) atoms. The molecule has 5 rings (SSSR count). The molecule has 0 radical (unpaired) electrons. The van der Waals surface area contributed by atoms with Crippen molar-refractivity contribution in [2.45, 2.75) is 6.92 Å².